The maximum Gasteiger partial charge on any atom is 0.241 e. The molecular formula is C15H22FN3O. The monoisotopic (exact) mass is 279 g/mol. The molecule has 1 aliphatic heterocycles. The highest BCUT2D eigenvalue weighted by Gasteiger charge is 2.34. The zero-order valence-electron chi connectivity index (χ0n) is 12.2. The Morgan fingerprint density at radius 2 is 2.20 bits per heavy atom. The number of benzene rings is 1. The van der Waals surface area contributed by atoms with Gasteiger partial charge in [0.05, 0.1) is 17.4 Å². The van der Waals surface area contributed by atoms with Gasteiger partial charge in [-0.05, 0) is 43.5 Å². The second kappa shape index (κ2) is 5.40. The summed E-state index contributed by atoms with van der Waals surface area (Å²) in [6.45, 7) is 8.11. The molecule has 1 aromatic rings. The molecule has 1 aromatic carbocycles. The fraction of sp³-hybridized carbons (Fsp3) is 0.533. The largest absolute Gasteiger partial charge is 0.397 e. The van der Waals surface area contributed by atoms with Crippen molar-refractivity contribution < 1.29 is 9.18 Å². The molecule has 1 saturated heterocycles. The number of nitrogens with one attached hydrogen (secondary N) is 1. The van der Waals surface area contributed by atoms with Gasteiger partial charge in [-0.1, -0.05) is 13.8 Å². The van der Waals surface area contributed by atoms with Crippen LogP contribution in [0.25, 0.3) is 0 Å². The van der Waals surface area contributed by atoms with E-state index in [0.29, 0.717) is 5.69 Å². The Kier molecular flexibility index (Phi) is 3.99. The summed E-state index contributed by atoms with van der Waals surface area (Å²) in [5.74, 6) is -0.518. The van der Waals surface area contributed by atoms with Crippen molar-refractivity contribution in [2.24, 2.45) is 5.41 Å². The van der Waals surface area contributed by atoms with Gasteiger partial charge in [-0.3, -0.25) is 9.69 Å². The third kappa shape index (κ3) is 3.28. The number of hydrogen-bond donors (Lipinski definition) is 2. The highest BCUT2D eigenvalue weighted by molar-refractivity contribution is 5.97. The van der Waals surface area contributed by atoms with Gasteiger partial charge in [0.25, 0.3) is 0 Å². The van der Waals surface area contributed by atoms with Gasteiger partial charge in [0.2, 0.25) is 5.91 Å². The molecule has 0 bridgehead atoms. The molecule has 0 spiro atoms. The summed E-state index contributed by atoms with van der Waals surface area (Å²) in [5, 5.41) is 2.77. The number of amides is 1. The van der Waals surface area contributed by atoms with E-state index in [2.05, 4.69) is 24.1 Å². The Bertz CT molecular complexity index is 516. The number of nitrogen functional groups attached to an aromatic ring is 1. The molecule has 3 N–H and O–H groups in total. The molecule has 0 aromatic heterocycles. The lowest BCUT2D eigenvalue weighted by Gasteiger charge is -2.25. The quantitative estimate of drug-likeness (QED) is 0.836. The van der Waals surface area contributed by atoms with Gasteiger partial charge in [0, 0.05) is 6.54 Å². The fourth-order valence-corrected chi connectivity index (χ4v) is 2.54. The van der Waals surface area contributed by atoms with E-state index in [9.17, 15) is 9.18 Å². The lowest BCUT2D eigenvalue weighted by atomic mass is 9.93. The summed E-state index contributed by atoms with van der Waals surface area (Å²) in [5.41, 5.74) is 6.65. The number of likely N-dealkylation sites (tertiary alicyclic amines) is 1. The molecule has 0 aliphatic carbocycles. The number of hydrogen-bond acceptors (Lipinski definition) is 3. The van der Waals surface area contributed by atoms with Gasteiger partial charge in [-0.25, -0.2) is 4.39 Å². The van der Waals surface area contributed by atoms with Crippen molar-refractivity contribution in [2.45, 2.75) is 33.2 Å². The number of nitrogens with zero attached hydrogens (tertiary/aromatic N) is 1. The Morgan fingerprint density at radius 3 is 2.75 bits per heavy atom. The molecule has 1 aliphatic rings. The molecule has 5 heteroatoms. The number of rotatable bonds is 3. The number of halogens is 1. The fourth-order valence-electron chi connectivity index (χ4n) is 2.54. The van der Waals surface area contributed by atoms with Gasteiger partial charge in [0.1, 0.15) is 5.82 Å². The maximum atomic E-state index is 13.0. The van der Waals surface area contributed by atoms with Gasteiger partial charge < -0.3 is 11.1 Å². The Morgan fingerprint density at radius 1 is 1.50 bits per heavy atom. The van der Waals surface area contributed by atoms with Crippen molar-refractivity contribution in [3.63, 3.8) is 0 Å². The molecular weight excluding hydrogens is 257 g/mol. The molecule has 2 rings (SSSR count). The van der Waals surface area contributed by atoms with Crippen LogP contribution in [0.2, 0.25) is 0 Å². The predicted octanol–water partition coefficient (Wildman–Crippen LogP) is 2.47. The number of anilines is 2. The van der Waals surface area contributed by atoms with Crippen LogP contribution in [0.1, 0.15) is 27.2 Å². The van der Waals surface area contributed by atoms with Crippen molar-refractivity contribution >= 4 is 17.3 Å². The zero-order valence-corrected chi connectivity index (χ0v) is 12.2. The standard InChI is InChI=1S/C15H22FN3O/c1-10(19-7-6-15(2,3)9-19)14(20)18-13-5-4-11(16)8-12(13)17/h4-5,8,10H,6-7,9,17H2,1-3H3,(H,18,20). The van der Waals surface area contributed by atoms with Crippen LogP contribution in [-0.2, 0) is 4.79 Å². The highest BCUT2D eigenvalue weighted by Crippen LogP contribution is 2.30. The average Bonchev–Trinajstić information content (AvgIpc) is 2.72. The molecule has 110 valence electrons. The second-order valence-electron chi connectivity index (χ2n) is 6.28. The van der Waals surface area contributed by atoms with Gasteiger partial charge in [0.15, 0.2) is 0 Å². The van der Waals surface area contributed by atoms with Gasteiger partial charge in [-0.15, -0.1) is 0 Å². The molecule has 20 heavy (non-hydrogen) atoms. The summed E-state index contributed by atoms with van der Waals surface area (Å²) in [6.07, 6.45) is 1.09. The van der Waals surface area contributed by atoms with E-state index >= 15 is 0 Å². The topological polar surface area (TPSA) is 58.4 Å². The molecule has 0 radical (unpaired) electrons. The summed E-state index contributed by atoms with van der Waals surface area (Å²) in [7, 11) is 0. The second-order valence-corrected chi connectivity index (χ2v) is 6.28. The van der Waals surface area contributed by atoms with E-state index in [1.807, 2.05) is 6.92 Å². The molecule has 0 saturated carbocycles. The third-order valence-electron chi connectivity index (χ3n) is 3.91. The Balaban J connectivity index is 2.01. The van der Waals surface area contributed by atoms with Crippen molar-refractivity contribution in [2.75, 3.05) is 24.1 Å². The minimum Gasteiger partial charge on any atom is -0.397 e. The molecule has 1 heterocycles. The zero-order chi connectivity index (χ0) is 14.9. The molecule has 4 nitrogen and oxygen atoms in total. The lowest BCUT2D eigenvalue weighted by molar-refractivity contribution is -0.120. The van der Waals surface area contributed by atoms with Crippen LogP contribution in [0.3, 0.4) is 0 Å². The van der Waals surface area contributed by atoms with Crippen molar-refractivity contribution in [3.05, 3.63) is 24.0 Å². The normalized spacial score (nSPS) is 19.8. The summed E-state index contributed by atoms with van der Waals surface area (Å²) < 4.78 is 13.0. The molecule has 1 amide bonds. The maximum absolute atomic E-state index is 13.0. The molecule has 1 unspecified atom stereocenters. The van der Waals surface area contributed by atoms with Crippen LogP contribution in [-0.4, -0.2) is 29.9 Å². The smallest absolute Gasteiger partial charge is 0.241 e. The first-order valence-electron chi connectivity index (χ1n) is 6.88. The lowest BCUT2D eigenvalue weighted by Crippen LogP contribution is -2.41. The predicted molar refractivity (Wildman–Crippen MR) is 78.9 cm³/mol. The van der Waals surface area contributed by atoms with Crippen LogP contribution in [0.4, 0.5) is 15.8 Å². The highest BCUT2D eigenvalue weighted by atomic mass is 19.1. The van der Waals surface area contributed by atoms with E-state index in [0.717, 1.165) is 19.5 Å². The summed E-state index contributed by atoms with van der Waals surface area (Å²) in [4.78, 5) is 14.4. The molecule has 1 atom stereocenters. The third-order valence-corrected chi connectivity index (χ3v) is 3.91. The van der Waals surface area contributed by atoms with E-state index in [1.165, 1.54) is 18.2 Å². The summed E-state index contributed by atoms with van der Waals surface area (Å²) >= 11 is 0. The van der Waals surface area contributed by atoms with E-state index in [1.54, 1.807) is 0 Å². The molecule has 1 fully saturated rings. The first-order valence-corrected chi connectivity index (χ1v) is 6.88. The van der Waals surface area contributed by atoms with Crippen molar-refractivity contribution in [1.82, 2.24) is 4.90 Å². The number of carbonyl (C=O) groups excluding carboxylic acids is 1. The Hall–Kier alpha value is -1.62. The number of nitrogens with two attached hydrogens (primary N) is 1. The van der Waals surface area contributed by atoms with Crippen LogP contribution in [0.15, 0.2) is 18.2 Å². The van der Waals surface area contributed by atoms with Gasteiger partial charge >= 0.3 is 0 Å². The minimum atomic E-state index is -0.408. The first-order chi connectivity index (χ1) is 9.28. The van der Waals surface area contributed by atoms with Crippen LogP contribution in [0, 0.1) is 11.2 Å². The van der Waals surface area contributed by atoms with E-state index < -0.39 is 5.82 Å². The van der Waals surface area contributed by atoms with Crippen LogP contribution in [0.5, 0.6) is 0 Å². The van der Waals surface area contributed by atoms with Crippen LogP contribution >= 0.6 is 0 Å². The number of carbonyl (C=O) groups is 1. The minimum absolute atomic E-state index is 0.110. The van der Waals surface area contributed by atoms with E-state index in [4.69, 9.17) is 5.73 Å². The average molecular weight is 279 g/mol. The van der Waals surface area contributed by atoms with E-state index in [-0.39, 0.29) is 23.1 Å². The first kappa shape index (κ1) is 14.8. The van der Waals surface area contributed by atoms with Crippen molar-refractivity contribution in [3.8, 4) is 0 Å². The SMILES string of the molecule is CC(C(=O)Nc1ccc(F)cc1N)N1CCC(C)(C)C1. The Labute approximate surface area is 119 Å². The van der Waals surface area contributed by atoms with Gasteiger partial charge in [-0.2, -0.15) is 0 Å². The van der Waals surface area contributed by atoms with Crippen molar-refractivity contribution in [1.29, 1.82) is 0 Å². The van der Waals surface area contributed by atoms with Crippen LogP contribution < -0.4 is 11.1 Å². The summed E-state index contributed by atoms with van der Waals surface area (Å²) in [6, 6.07) is 3.76.